The minimum absolute atomic E-state index is 0.278. The van der Waals surface area contributed by atoms with Crippen molar-refractivity contribution in [3.63, 3.8) is 0 Å². The van der Waals surface area contributed by atoms with Gasteiger partial charge in [0, 0.05) is 24.2 Å². The molecule has 0 saturated carbocycles. The molecule has 4 aliphatic rings. The van der Waals surface area contributed by atoms with E-state index in [1.165, 1.54) is 82.2 Å². The normalized spacial score (nSPS) is 29.2. The lowest BCUT2D eigenvalue weighted by Gasteiger charge is -2.47. The molecule has 4 atom stereocenters. The summed E-state index contributed by atoms with van der Waals surface area (Å²) in [6, 6.07) is 0.711. The SMILES string of the molecule is CCCCCCCCCCCCN1C2=CC3C=CC=CC3CC2NC2CN=CN=C21. The van der Waals surface area contributed by atoms with Gasteiger partial charge in [-0.15, -0.1) is 0 Å². The number of nitrogens with zero attached hydrogens (tertiary/aromatic N) is 3. The first-order valence-electron chi connectivity index (χ1n) is 12.5. The van der Waals surface area contributed by atoms with Crippen molar-refractivity contribution in [2.45, 2.75) is 89.6 Å². The van der Waals surface area contributed by atoms with E-state index in [1.807, 2.05) is 0 Å². The van der Waals surface area contributed by atoms with Gasteiger partial charge in [0.05, 0.1) is 12.6 Å². The third-order valence-corrected chi connectivity index (χ3v) is 7.12. The molecule has 1 saturated heterocycles. The summed E-state index contributed by atoms with van der Waals surface area (Å²) in [6.45, 7) is 4.21. The van der Waals surface area contributed by atoms with Crippen LogP contribution in [-0.2, 0) is 0 Å². The molecular formula is C26H40N4. The number of allylic oxidation sites excluding steroid dienone is 5. The number of nitrogens with one attached hydrogen (secondary N) is 1. The zero-order valence-electron chi connectivity index (χ0n) is 18.8. The molecule has 0 aromatic rings. The Bertz CT molecular complexity index is 702. The molecule has 4 unspecified atom stereocenters. The maximum atomic E-state index is 4.71. The highest BCUT2D eigenvalue weighted by Crippen LogP contribution is 2.37. The average molecular weight is 409 g/mol. The van der Waals surface area contributed by atoms with Crippen LogP contribution in [0.15, 0.2) is 46.1 Å². The molecule has 2 heterocycles. The van der Waals surface area contributed by atoms with Gasteiger partial charge in [-0.3, -0.25) is 10.3 Å². The van der Waals surface area contributed by atoms with Crippen LogP contribution in [0.25, 0.3) is 0 Å². The van der Waals surface area contributed by atoms with Gasteiger partial charge >= 0.3 is 0 Å². The third-order valence-electron chi connectivity index (χ3n) is 7.12. The zero-order valence-corrected chi connectivity index (χ0v) is 18.8. The van der Waals surface area contributed by atoms with Gasteiger partial charge in [-0.2, -0.15) is 0 Å². The fourth-order valence-electron chi connectivity index (χ4n) is 5.41. The van der Waals surface area contributed by atoms with Crippen LogP contribution in [0.1, 0.15) is 77.6 Å². The van der Waals surface area contributed by atoms with Crippen LogP contribution in [0.3, 0.4) is 0 Å². The topological polar surface area (TPSA) is 40.0 Å². The second-order valence-corrected chi connectivity index (χ2v) is 9.41. The number of unbranched alkanes of at least 4 members (excludes halogenated alkanes) is 9. The molecule has 1 fully saturated rings. The van der Waals surface area contributed by atoms with Crippen molar-refractivity contribution in [1.29, 1.82) is 0 Å². The fraction of sp³-hybridized carbons (Fsp3) is 0.692. The van der Waals surface area contributed by atoms with Gasteiger partial charge in [-0.25, -0.2) is 4.99 Å². The highest BCUT2D eigenvalue weighted by molar-refractivity contribution is 5.96. The standard InChI is InChI=1S/C26H40N4/c1-2-3-4-5-6-7-8-9-10-13-16-30-25-18-22-15-12-11-14-21(22)17-23(25)29-24-19-27-20-28-26(24)30/h11-12,14-15,18,20-24,29H,2-10,13,16-17,19H2,1H3. The average Bonchev–Trinajstić information content (AvgIpc) is 2.78. The number of hydrogen-bond acceptors (Lipinski definition) is 4. The monoisotopic (exact) mass is 408 g/mol. The molecule has 1 N–H and O–H groups in total. The molecule has 0 radical (unpaired) electrons. The summed E-state index contributed by atoms with van der Waals surface area (Å²) in [5.74, 6) is 2.35. The molecule has 0 aromatic heterocycles. The van der Waals surface area contributed by atoms with Crippen molar-refractivity contribution in [2.24, 2.45) is 21.8 Å². The van der Waals surface area contributed by atoms with Crippen molar-refractivity contribution >= 4 is 12.2 Å². The van der Waals surface area contributed by atoms with Crippen LogP contribution in [0.5, 0.6) is 0 Å². The van der Waals surface area contributed by atoms with Crippen LogP contribution < -0.4 is 5.32 Å². The van der Waals surface area contributed by atoms with Crippen molar-refractivity contribution in [3.8, 4) is 0 Å². The summed E-state index contributed by atoms with van der Waals surface area (Å²) in [5, 5.41) is 3.85. The van der Waals surface area contributed by atoms with Crippen LogP contribution in [0.4, 0.5) is 0 Å². The summed E-state index contributed by atoms with van der Waals surface area (Å²) >= 11 is 0. The van der Waals surface area contributed by atoms with E-state index in [0.717, 1.165) is 13.1 Å². The van der Waals surface area contributed by atoms with Crippen LogP contribution in [0, 0.1) is 11.8 Å². The Morgan fingerprint density at radius 3 is 2.47 bits per heavy atom. The van der Waals surface area contributed by atoms with Crippen molar-refractivity contribution < 1.29 is 0 Å². The molecule has 0 aromatic carbocycles. The largest absolute Gasteiger partial charge is 0.331 e. The molecule has 30 heavy (non-hydrogen) atoms. The predicted octanol–water partition coefficient (Wildman–Crippen LogP) is 5.64. The molecular weight excluding hydrogens is 368 g/mol. The second kappa shape index (κ2) is 11.1. The number of piperazine rings is 1. The third kappa shape index (κ3) is 5.32. The van der Waals surface area contributed by atoms with E-state index >= 15 is 0 Å². The summed E-state index contributed by atoms with van der Waals surface area (Å²) < 4.78 is 0. The molecule has 0 bridgehead atoms. The molecule has 2 aliphatic heterocycles. The quantitative estimate of drug-likeness (QED) is 0.450. The minimum Gasteiger partial charge on any atom is -0.331 e. The number of amidine groups is 1. The van der Waals surface area contributed by atoms with Gasteiger partial charge in [0.2, 0.25) is 0 Å². The summed E-state index contributed by atoms with van der Waals surface area (Å²) in [5.41, 5.74) is 1.46. The molecule has 164 valence electrons. The smallest absolute Gasteiger partial charge is 0.129 e. The zero-order chi connectivity index (χ0) is 20.6. The van der Waals surface area contributed by atoms with Gasteiger partial charge in [0.15, 0.2) is 0 Å². The Kier molecular flexibility index (Phi) is 7.96. The predicted molar refractivity (Wildman–Crippen MR) is 128 cm³/mol. The summed E-state index contributed by atoms with van der Waals surface area (Å²) in [6.07, 6.45) is 28.4. The lowest BCUT2D eigenvalue weighted by atomic mass is 9.76. The maximum Gasteiger partial charge on any atom is 0.129 e. The van der Waals surface area contributed by atoms with E-state index < -0.39 is 0 Å². The van der Waals surface area contributed by atoms with Crippen molar-refractivity contribution in [2.75, 3.05) is 13.1 Å². The minimum atomic E-state index is 0.278. The Hall–Kier alpha value is -1.68. The Morgan fingerprint density at radius 2 is 1.67 bits per heavy atom. The Balaban J connectivity index is 1.29. The van der Waals surface area contributed by atoms with E-state index in [2.05, 4.69) is 52.5 Å². The number of rotatable bonds is 11. The van der Waals surface area contributed by atoms with Crippen molar-refractivity contribution in [3.05, 3.63) is 36.1 Å². The van der Waals surface area contributed by atoms with Crippen molar-refractivity contribution in [1.82, 2.24) is 10.2 Å². The van der Waals surface area contributed by atoms with Crippen LogP contribution >= 0.6 is 0 Å². The van der Waals surface area contributed by atoms with Gasteiger partial charge in [-0.05, 0) is 18.8 Å². The lowest BCUT2D eigenvalue weighted by molar-refractivity contribution is 0.288. The first-order chi connectivity index (χ1) is 14.9. The van der Waals surface area contributed by atoms with Crippen LogP contribution in [0.2, 0.25) is 0 Å². The number of aliphatic imine (C=N–C) groups is 2. The van der Waals surface area contributed by atoms with E-state index in [4.69, 9.17) is 4.99 Å². The first-order valence-corrected chi connectivity index (χ1v) is 12.5. The van der Waals surface area contributed by atoms with E-state index in [9.17, 15) is 0 Å². The fourth-order valence-corrected chi connectivity index (χ4v) is 5.41. The lowest BCUT2D eigenvalue weighted by Crippen LogP contribution is -2.62. The number of hydrogen-bond donors (Lipinski definition) is 1. The maximum absolute atomic E-state index is 4.71. The van der Waals surface area contributed by atoms with Gasteiger partial charge in [0.25, 0.3) is 0 Å². The van der Waals surface area contributed by atoms with E-state index in [0.29, 0.717) is 17.9 Å². The summed E-state index contributed by atoms with van der Waals surface area (Å²) in [7, 11) is 0. The number of fused-ring (bicyclic) bond motifs is 3. The van der Waals surface area contributed by atoms with Gasteiger partial charge in [-0.1, -0.05) is 95.1 Å². The van der Waals surface area contributed by atoms with Gasteiger partial charge < -0.3 is 4.90 Å². The Morgan fingerprint density at radius 1 is 0.933 bits per heavy atom. The van der Waals surface area contributed by atoms with Gasteiger partial charge in [0.1, 0.15) is 12.2 Å². The molecule has 4 heteroatoms. The Labute approximate surface area is 183 Å². The second-order valence-electron chi connectivity index (χ2n) is 9.41. The van der Waals surface area contributed by atoms with E-state index in [-0.39, 0.29) is 6.04 Å². The molecule has 0 spiro atoms. The molecule has 4 nitrogen and oxygen atoms in total. The molecule has 4 rings (SSSR count). The molecule has 0 amide bonds. The highest BCUT2D eigenvalue weighted by Gasteiger charge is 2.40. The highest BCUT2D eigenvalue weighted by atomic mass is 15.3. The van der Waals surface area contributed by atoms with E-state index in [1.54, 1.807) is 6.34 Å². The summed E-state index contributed by atoms with van der Waals surface area (Å²) in [4.78, 5) is 11.7. The first kappa shape index (κ1) is 21.5. The molecule has 2 aliphatic carbocycles. The van der Waals surface area contributed by atoms with Crippen LogP contribution in [-0.4, -0.2) is 42.2 Å².